The van der Waals surface area contributed by atoms with Crippen LogP contribution in [0.25, 0.3) is 0 Å². The highest BCUT2D eigenvalue weighted by atomic mass is 19.1. The summed E-state index contributed by atoms with van der Waals surface area (Å²) < 4.78 is 31.6. The van der Waals surface area contributed by atoms with Crippen molar-refractivity contribution in [1.82, 2.24) is 10.6 Å². The molecule has 0 unspecified atom stereocenters. The Bertz CT molecular complexity index is 476. The zero-order chi connectivity index (χ0) is 13.9. The fraction of sp³-hybridized carbons (Fsp3) is 0.462. The first-order chi connectivity index (χ1) is 8.98. The average molecular weight is 270 g/mol. The van der Waals surface area contributed by atoms with Crippen LogP contribution in [0.3, 0.4) is 0 Å². The molecule has 1 fully saturated rings. The minimum Gasteiger partial charge on any atom is -0.363 e. The molecule has 4 nitrogen and oxygen atoms in total. The van der Waals surface area contributed by atoms with E-state index in [2.05, 4.69) is 10.6 Å². The number of carbonyl (C=O) groups is 1. The van der Waals surface area contributed by atoms with Gasteiger partial charge in [0.15, 0.2) is 0 Å². The molecule has 0 bridgehead atoms. The highest BCUT2D eigenvalue weighted by molar-refractivity contribution is 5.77. The third kappa shape index (κ3) is 3.71. The summed E-state index contributed by atoms with van der Waals surface area (Å²) in [5, 5.41) is 5.55. The monoisotopic (exact) mass is 270 g/mol. The number of rotatable bonds is 5. The van der Waals surface area contributed by atoms with Crippen molar-refractivity contribution in [3.63, 3.8) is 0 Å². The van der Waals surface area contributed by atoms with E-state index in [1.54, 1.807) is 0 Å². The van der Waals surface area contributed by atoms with Crippen LogP contribution in [-0.4, -0.2) is 31.2 Å². The first-order valence-electron chi connectivity index (χ1n) is 6.04. The molecule has 0 spiro atoms. The molecule has 6 heteroatoms. The van der Waals surface area contributed by atoms with E-state index < -0.39 is 11.6 Å². The number of benzene rings is 1. The predicted molar refractivity (Wildman–Crippen MR) is 65.4 cm³/mol. The van der Waals surface area contributed by atoms with Crippen LogP contribution in [0.2, 0.25) is 0 Å². The van der Waals surface area contributed by atoms with E-state index in [-0.39, 0.29) is 30.2 Å². The number of hydrogen-bond acceptors (Lipinski definition) is 3. The van der Waals surface area contributed by atoms with Gasteiger partial charge < -0.3 is 15.4 Å². The summed E-state index contributed by atoms with van der Waals surface area (Å²) in [5.41, 5.74) is -0.188. The van der Waals surface area contributed by atoms with Crippen molar-refractivity contribution >= 4 is 5.91 Å². The summed E-state index contributed by atoms with van der Waals surface area (Å²) in [6.07, 6.45) is 0. The van der Waals surface area contributed by atoms with E-state index in [4.69, 9.17) is 4.74 Å². The number of nitrogens with one attached hydrogen (secondary N) is 2. The highest BCUT2D eigenvalue weighted by Gasteiger charge is 2.32. The minimum absolute atomic E-state index is 0.0548. The molecule has 2 N–H and O–H groups in total. The summed E-state index contributed by atoms with van der Waals surface area (Å²) in [5.74, 6) is -1.43. The summed E-state index contributed by atoms with van der Waals surface area (Å²) >= 11 is 0. The second kappa shape index (κ2) is 5.63. The first-order valence-corrected chi connectivity index (χ1v) is 6.04. The lowest BCUT2D eigenvalue weighted by Crippen LogP contribution is -2.59. The number of ether oxygens (including phenoxy) is 1. The van der Waals surface area contributed by atoms with Crippen LogP contribution in [0.1, 0.15) is 12.5 Å². The predicted octanol–water partition coefficient (Wildman–Crippen LogP) is 0.959. The Kier molecular flexibility index (Phi) is 4.11. The average Bonchev–Trinajstić information content (AvgIpc) is 2.35. The van der Waals surface area contributed by atoms with Crippen LogP contribution in [0.4, 0.5) is 8.78 Å². The van der Waals surface area contributed by atoms with E-state index >= 15 is 0 Å². The molecule has 0 aliphatic carbocycles. The summed E-state index contributed by atoms with van der Waals surface area (Å²) in [4.78, 5) is 11.5. The normalized spacial score (nSPS) is 16.8. The maximum Gasteiger partial charge on any atom is 0.246 e. The van der Waals surface area contributed by atoms with Gasteiger partial charge in [0.1, 0.15) is 18.2 Å². The van der Waals surface area contributed by atoms with Gasteiger partial charge in [-0.05, 0) is 25.1 Å². The lowest BCUT2D eigenvalue weighted by molar-refractivity contribution is -0.136. The van der Waals surface area contributed by atoms with Gasteiger partial charge >= 0.3 is 0 Å². The lowest BCUT2D eigenvalue weighted by Gasteiger charge is -2.38. The molecule has 0 aromatic heterocycles. The molecule has 19 heavy (non-hydrogen) atoms. The van der Waals surface area contributed by atoms with Gasteiger partial charge in [0.25, 0.3) is 0 Å². The van der Waals surface area contributed by atoms with Crippen molar-refractivity contribution in [2.75, 3.05) is 19.7 Å². The van der Waals surface area contributed by atoms with Crippen molar-refractivity contribution in [2.45, 2.75) is 19.1 Å². The molecule has 0 atom stereocenters. The molecule has 1 aromatic rings. The largest absolute Gasteiger partial charge is 0.363 e. The van der Waals surface area contributed by atoms with Gasteiger partial charge in [0, 0.05) is 25.2 Å². The molecule has 1 aliphatic rings. The Morgan fingerprint density at radius 1 is 1.47 bits per heavy atom. The first kappa shape index (κ1) is 13.9. The fourth-order valence-corrected chi connectivity index (χ4v) is 1.74. The number of halogens is 2. The van der Waals surface area contributed by atoms with Crippen LogP contribution in [0.15, 0.2) is 18.2 Å². The molecule has 1 aromatic carbocycles. The molecule has 1 amide bonds. The molecule has 0 radical (unpaired) electrons. The maximum atomic E-state index is 13.3. The van der Waals surface area contributed by atoms with E-state index in [9.17, 15) is 13.6 Å². The van der Waals surface area contributed by atoms with E-state index in [0.29, 0.717) is 13.1 Å². The summed E-state index contributed by atoms with van der Waals surface area (Å²) in [6, 6.07) is 3.14. The fourth-order valence-electron chi connectivity index (χ4n) is 1.74. The molecule has 1 heterocycles. The molecule has 2 rings (SSSR count). The lowest BCUT2D eigenvalue weighted by atomic mass is 10.0. The molecular formula is C13H16F2N2O2. The van der Waals surface area contributed by atoms with Crippen molar-refractivity contribution in [2.24, 2.45) is 0 Å². The van der Waals surface area contributed by atoms with Gasteiger partial charge in [-0.25, -0.2) is 8.78 Å². The molecule has 0 saturated carbocycles. The Hall–Kier alpha value is -1.53. The standard InChI is InChI=1S/C13H16F2N2O2/c1-13(7-16-8-13)19-6-12(18)17-5-9-4-10(14)2-3-11(9)15/h2-4,16H,5-8H2,1H3,(H,17,18). The van der Waals surface area contributed by atoms with Crippen LogP contribution in [0, 0.1) is 11.6 Å². The van der Waals surface area contributed by atoms with Crippen molar-refractivity contribution in [3.8, 4) is 0 Å². The van der Waals surface area contributed by atoms with Gasteiger partial charge in [-0.3, -0.25) is 4.79 Å². The second-order valence-electron chi connectivity index (χ2n) is 4.85. The molecule has 1 aliphatic heterocycles. The summed E-state index contributed by atoms with van der Waals surface area (Å²) in [7, 11) is 0. The Balaban J connectivity index is 1.78. The molecule has 1 saturated heterocycles. The van der Waals surface area contributed by atoms with Crippen molar-refractivity contribution < 1.29 is 18.3 Å². The van der Waals surface area contributed by atoms with Gasteiger partial charge in [-0.2, -0.15) is 0 Å². The van der Waals surface area contributed by atoms with Crippen LogP contribution < -0.4 is 10.6 Å². The Morgan fingerprint density at radius 3 is 2.84 bits per heavy atom. The number of hydrogen-bond donors (Lipinski definition) is 2. The van der Waals surface area contributed by atoms with Gasteiger partial charge in [0.05, 0.1) is 5.60 Å². The second-order valence-corrected chi connectivity index (χ2v) is 4.85. The van der Waals surface area contributed by atoms with Crippen LogP contribution >= 0.6 is 0 Å². The Labute approximate surface area is 110 Å². The van der Waals surface area contributed by atoms with Gasteiger partial charge in [-0.1, -0.05) is 0 Å². The van der Waals surface area contributed by atoms with Crippen LogP contribution in [0.5, 0.6) is 0 Å². The summed E-state index contributed by atoms with van der Waals surface area (Å²) in [6.45, 7) is 3.18. The van der Waals surface area contributed by atoms with E-state index in [1.807, 2.05) is 6.92 Å². The quantitative estimate of drug-likeness (QED) is 0.838. The van der Waals surface area contributed by atoms with Gasteiger partial charge in [0.2, 0.25) is 5.91 Å². The maximum absolute atomic E-state index is 13.3. The smallest absolute Gasteiger partial charge is 0.246 e. The third-order valence-corrected chi connectivity index (χ3v) is 3.03. The SMILES string of the molecule is CC1(OCC(=O)NCc2cc(F)ccc2F)CNC1. The van der Waals surface area contributed by atoms with Gasteiger partial charge in [-0.15, -0.1) is 0 Å². The van der Waals surface area contributed by atoms with E-state index in [1.165, 1.54) is 0 Å². The Morgan fingerprint density at radius 2 is 2.21 bits per heavy atom. The highest BCUT2D eigenvalue weighted by Crippen LogP contribution is 2.14. The van der Waals surface area contributed by atoms with Crippen LogP contribution in [-0.2, 0) is 16.1 Å². The van der Waals surface area contributed by atoms with Crippen molar-refractivity contribution in [1.29, 1.82) is 0 Å². The number of amides is 1. The van der Waals surface area contributed by atoms with E-state index in [0.717, 1.165) is 18.2 Å². The zero-order valence-corrected chi connectivity index (χ0v) is 10.6. The zero-order valence-electron chi connectivity index (χ0n) is 10.6. The third-order valence-electron chi connectivity index (χ3n) is 3.03. The van der Waals surface area contributed by atoms with Crippen molar-refractivity contribution in [3.05, 3.63) is 35.4 Å². The number of carbonyl (C=O) groups excluding carboxylic acids is 1. The minimum atomic E-state index is -0.544. The molecular weight excluding hydrogens is 254 g/mol. The topological polar surface area (TPSA) is 50.4 Å². The molecule has 104 valence electrons.